The SMILES string of the molecule is Cc1cn(C2CCN(C(=O)CO)CC2)c2c1C(=N)N1NCC(c3cnc4ccc(F)cc4c3)=C1N2. The van der Waals surface area contributed by atoms with Gasteiger partial charge in [0.25, 0.3) is 0 Å². The van der Waals surface area contributed by atoms with E-state index in [-0.39, 0.29) is 17.8 Å². The number of fused-ring (bicyclic) bond motifs is 3. The van der Waals surface area contributed by atoms with Crippen molar-refractivity contribution >= 4 is 34.0 Å². The number of hydrogen-bond acceptors (Lipinski definition) is 6. The standard InChI is InChI=1S/C25H26FN7O2/c1-14-12-32(18-4-6-31(7-5-18)21(35)13-34)25-22(14)23(27)33-24(30-25)19(11-29-33)16-8-15-9-17(26)2-3-20(15)28-10-16/h2-3,8-10,12,18,27,29-30,34H,4-7,11,13H2,1H3. The largest absolute Gasteiger partial charge is 0.387 e. The van der Waals surface area contributed by atoms with Crippen LogP contribution in [0.5, 0.6) is 0 Å². The molecule has 180 valence electrons. The van der Waals surface area contributed by atoms with Gasteiger partial charge in [0.1, 0.15) is 24.1 Å². The van der Waals surface area contributed by atoms with E-state index in [2.05, 4.69) is 26.5 Å². The van der Waals surface area contributed by atoms with Crippen LogP contribution >= 0.6 is 0 Å². The van der Waals surface area contributed by atoms with Crippen molar-refractivity contribution in [2.24, 2.45) is 0 Å². The number of nitrogens with one attached hydrogen (secondary N) is 3. The normalized spacial score (nSPS) is 18.2. The lowest BCUT2D eigenvalue weighted by Crippen LogP contribution is -2.43. The van der Waals surface area contributed by atoms with E-state index < -0.39 is 6.61 Å². The second kappa shape index (κ2) is 8.17. The smallest absolute Gasteiger partial charge is 0.248 e. The van der Waals surface area contributed by atoms with Crippen molar-refractivity contribution < 1.29 is 14.3 Å². The molecule has 1 saturated heterocycles. The molecule has 1 amide bonds. The lowest BCUT2D eigenvalue weighted by atomic mass is 10.0. The molecule has 6 rings (SSSR count). The molecule has 3 aliphatic rings. The Morgan fingerprint density at radius 2 is 2.09 bits per heavy atom. The first kappa shape index (κ1) is 21.8. The number of benzene rings is 1. The summed E-state index contributed by atoms with van der Waals surface area (Å²) in [7, 11) is 0. The molecule has 1 aromatic carbocycles. The monoisotopic (exact) mass is 475 g/mol. The van der Waals surface area contributed by atoms with Gasteiger partial charge in [-0.15, -0.1) is 0 Å². The van der Waals surface area contributed by atoms with E-state index in [0.717, 1.165) is 57.6 Å². The Hall–Kier alpha value is -3.76. The number of aliphatic hydroxyl groups excluding tert-OH is 1. The number of piperidine rings is 1. The molecule has 5 heterocycles. The number of rotatable bonds is 3. The van der Waals surface area contributed by atoms with Gasteiger partial charge in [-0.05, 0) is 49.6 Å². The molecule has 1 fully saturated rings. The Bertz CT molecular complexity index is 1400. The molecule has 2 aromatic heterocycles. The Balaban J connectivity index is 1.36. The topological polar surface area (TPSA) is 110 Å². The van der Waals surface area contributed by atoms with Gasteiger partial charge in [0.05, 0.1) is 11.1 Å². The summed E-state index contributed by atoms with van der Waals surface area (Å²) in [6.45, 7) is 3.24. The molecule has 4 N–H and O–H groups in total. The predicted molar refractivity (Wildman–Crippen MR) is 130 cm³/mol. The molecule has 0 saturated carbocycles. The number of likely N-dealkylation sites (tertiary alicyclic amines) is 1. The molecule has 0 bridgehead atoms. The average Bonchev–Trinajstić information content (AvgIpc) is 3.45. The number of pyridine rings is 1. The molecule has 0 unspecified atom stereocenters. The third kappa shape index (κ3) is 3.48. The third-order valence-electron chi connectivity index (χ3n) is 7.18. The molecule has 0 radical (unpaired) electrons. The van der Waals surface area contributed by atoms with Crippen molar-refractivity contribution in [2.75, 3.05) is 31.6 Å². The number of anilines is 1. The highest BCUT2D eigenvalue weighted by molar-refractivity contribution is 6.07. The molecule has 9 nitrogen and oxygen atoms in total. The summed E-state index contributed by atoms with van der Waals surface area (Å²) in [4.78, 5) is 18.1. The first-order valence-electron chi connectivity index (χ1n) is 11.7. The zero-order valence-corrected chi connectivity index (χ0v) is 19.3. The number of nitrogens with zero attached hydrogens (tertiary/aromatic N) is 4. The Morgan fingerprint density at radius 1 is 1.29 bits per heavy atom. The predicted octanol–water partition coefficient (Wildman–Crippen LogP) is 2.58. The Morgan fingerprint density at radius 3 is 2.86 bits per heavy atom. The molecular weight excluding hydrogens is 449 g/mol. The zero-order valence-electron chi connectivity index (χ0n) is 19.3. The van der Waals surface area contributed by atoms with E-state index in [1.165, 1.54) is 12.1 Å². The van der Waals surface area contributed by atoms with E-state index in [9.17, 15) is 9.18 Å². The van der Waals surface area contributed by atoms with E-state index >= 15 is 0 Å². The van der Waals surface area contributed by atoms with Crippen LogP contribution in [0, 0.1) is 18.2 Å². The van der Waals surface area contributed by atoms with Gasteiger partial charge in [-0.3, -0.25) is 15.2 Å². The molecular formula is C25H26FN7O2. The first-order chi connectivity index (χ1) is 16.9. The number of carbonyl (C=O) groups is 1. The van der Waals surface area contributed by atoms with Gasteiger partial charge in [-0.25, -0.2) is 14.8 Å². The Labute approximate surface area is 201 Å². The van der Waals surface area contributed by atoms with Crippen LogP contribution in [-0.4, -0.2) is 62.6 Å². The molecule has 35 heavy (non-hydrogen) atoms. The average molecular weight is 476 g/mol. The minimum Gasteiger partial charge on any atom is -0.387 e. The third-order valence-corrected chi connectivity index (χ3v) is 7.18. The fourth-order valence-corrected chi connectivity index (χ4v) is 5.37. The van der Waals surface area contributed by atoms with Crippen molar-refractivity contribution in [3.8, 4) is 0 Å². The highest BCUT2D eigenvalue weighted by Gasteiger charge is 2.37. The number of aliphatic hydroxyl groups is 1. The highest BCUT2D eigenvalue weighted by Crippen LogP contribution is 2.39. The van der Waals surface area contributed by atoms with E-state index in [0.29, 0.717) is 25.5 Å². The van der Waals surface area contributed by atoms with Crippen LogP contribution in [0.2, 0.25) is 0 Å². The van der Waals surface area contributed by atoms with Crippen LogP contribution in [0.25, 0.3) is 16.5 Å². The number of aryl methyl sites for hydroxylation is 1. The van der Waals surface area contributed by atoms with E-state index in [1.54, 1.807) is 22.2 Å². The Kier molecular flexibility index (Phi) is 5.08. The molecule has 3 aromatic rings. The zero-order chi connectivity index (χ0) is 24.3. The van der Waals surface area contributed by atoms with Gasteiger partial charge in [-0.1, -0.05) is 0 Å². The molecule has 0 atom stereocenters. The maximum Gasteiger partial charge on any atom is 0.248 e. The van der Waals surface area contributed by atoms with Crippen molar-refractivity contribution in [1.29, 1.82) is 5.41 Å². The molecule has 3 aliphatic heterocycles. The van der Waals surface area contributed by atoms with Gasteiger partial charge in [0.15, 0.2) is 5.84 Å². The van der Waals surface area contributed by atoms with Crippen molar-refractivity contribution in [3.05, 3.63) is 65.0 Å². The van der Waals surface area contributed by atoms with Crippen LogP contribution in [-0.2, 0) is 4.79 Å². The number of hydrazine groups is 1. The van der Waals surface area contributed by atoms with Crippen LogP contribution in [0.1, 0.15) is 35.6 Å². The second-order valence-electron chi connectivity index (χ2n) is 9.25. The number of amides is 1. The summed E-state index contributed by atoms with van der Waals surface area (Å²) in [5.41, 5.74) is 7.68. The summed E-state index contributed by atoms with van der Waals surface area (Å²) in [5, 5.41) is 24.1. The number of amidine groups is 1. The minimum absolute atomic E-state index is 0.177. The van der Waals surface area contributed by atoms with Crippen molar-refractivity contribution in [1.82, 2.24) is 24.9 Å². The summed E-state index contributed by atoms with van der Waals surface area (Å²) >= 11 is 0. The maximum atomic E-state index is 13.8. The second-order valence-corrected chi connectivity index (χ2v) is 9.25. The molecule has 0 aliphatic carbocycles. The fourth-order valence-electron chi connectivity index (χ4n) is 5.37. The van der Waals surface area contributed by atoms with Crippen LogP contribution in [0.4, 0.5) is 10.2 Å². The van der Waals surface area contributed by atoms with Gasteiger partial charge >= 0.3 is 0 Å². The van der Waals surface area contributed by atoms with E-state index in [4.69, 9.17) is 10.5 Å². The highest BCUT2D eigenvalue weighted by atomic mass is 19.1. The number of carbonyl (C=O) groups excluding carboxylic acids is 1. The summed E-state index contributed by atoms with van der Waals surface area (Å²) < 4.78 is 16.0. The summed E-state index contributed by atoms with van der Waals surface area (Å²) in [6, 6.07) is 6.66. The van der Waals surface area contributed by atoms with Crippen LogP contribution in [0.3, 0.4) is 0 Å². The van der Waals surface area contributed by atoms with Crippen molar-refractivity contribution in [2.45, 2.75) is 25.8 Å². The number of halogens is 1. The lowest BCUT2D eigenvalue weighted by Gasteiger charge is -2.35. The first-order valence-corrected chi connectivity index (χ1v) is 11.7. The van der Waals surface area contributed by atoms with Crippen molar-refractivity contribution in [3.63, 3.8) is 0 Å². The van der Waals surface area contributed by atoms with Gasteiger partial charge < -0.3 is 19.9 Å². The fraction of sp³-hybridized carbons (Fsp3) is 0.320. The molecule has 10 heteroatoms. The van der Waals surface area contributed by atoms with Gasteiger partial charge in [-0.2, -0.15) is 0 Å². The van der Waals surface area contributed by atoms with Gasteiger partial charge in [0, 0.05) is 54.6 Å². The summed E-state index contributed by atoms with van der Waals surface area (Å²) in [6.07, 6.45) is 5.40. The van der Waals surface area contributed by atoms with E-state index in [1.807, 2.05) is 13.0 Å². The quantitative estimate of drug-likeness (QED) is 0.464. The van der Waals surface area contributed by atoms with Crippen LogP contribution in [0.15, 0.2) is 42.5 Å². The number of hydrogen-bond donors (Lipinski definition) is 4. The molecule has 0 spiro atoms. The number of aromatic nitrogens is 2. The minimum atomic E-state index is -0.461. The maximum absolute atomic E-state index is 13.8. The van der Waals surface area contributed by atoms with Crippen LogP contribution < -0.4 is 10.7 Å². The van der Waals surface area contributed by atoms with Gasteiger partial charge in [0.2, 0.25) is 5.91 Å². The summed E-state index contributed by atoms with van der Waals surface area (Å²) in [5.74, 6) is 1.47. The lowest BCUT2D eigenvalue weighted by molar-refractivity contribution is -0.135.